The summed E-state index contributed by atoms with van der Waals surface area (Å²) >= 11 is 0. The highest BCUT2D eigenvalue weighted by molar-refractivity contribution is 5.68. The minimum absolute atomic E-state index is 0.278. The van der Waals surface area contributed by atoms with Crippen LogP contribution in [0.3, 0.4) is 0 Å². The Labute approximate surface area is 130 Å². The molecule has 21 heavy (non-hydrogen) atoms. The summed E-state index contributed by atoms with van der Waals surface area (Å²) in [5.74, 6) is 0. The molecule has 2 atom stereocenters. The van der Waals surface area contributed by atoms with Crippen molar-refractivity contribution in [3.63, 3.8) is 0 Å². The van der Waals surface area contributed by atoms with Gasteiger partial charge in [-0.25, -0.2) is 4.79 Å². The van der Waals surface area contributed by atoms with Gasteiger partial charge < -0.3 is 15.2 Å². The zero-order chi connectivity index (χ0) is 16.3. The van der Waals surface area contributed by atoms with Gasteiger partial charge in [-0.2, -0.15) is 0 Å². The first-order valence-corrected chi connectivity index (χ1v) is 8.44. The Morgan fingerprint density at radius 3 is 2.14 bits per heavy atom. The first-order chi connectivity index (χ1) is 9.76. The van der Waals surface area contributed by atoms with Crippen molar-refractivity contribution in [3.05, 3.63) is 0 Å². The number of rotatable bonds is 10. The number of carbonyl (C=O) groups is 1. The topological polar surface area (TPSA) is 58.6 Å². The lowest BCUT2D eigenvalue weighted by Crippen LogP contribution is -2.43. The molecule has 0 radical (unpaired) electrons. The number of unbranched alkanes of at least 4 members (excludes halogenated alkanes) is 6. The van der Waals surface area contributed by atoms with Gasteiger partial charge in [0.1, 0.15) is 5.60 Å². The van der Waals surface area contributed by atoms with Gasteiger partial charge in [-0.05, 0) is 34.1 Å². The fourth-order valence-corrected chi connectivity index (χ4v) is 2.15. The van der Waals surface area contributed by atoms with Crippen LogP contribution in [0.5, 0.6) is 0 Å². The average molecular weight is 301 g/mol. The third-order valence-electron chi connectivity index (χ3n) is 3.43. The van der Waals surface area contributed by atoms with Gasteiger partial charge in [0, 0.05) is 0 Å². The molecule has 0 fully saturated rings. The lowest BCUT2D eigenvalue weighted by Gasteiger charge is -2.24. The Morgan fingerprint density at radius 2 is 1.62 bits per heavy atom. The largest absolute Gasteiger partial charge is 0.444 e. The van der Waals surface area contributed by atoms with Crippen molar-refractivity contribution >= 4 is 6.09 Å². The van der Waals surface area contributed by atoms with Crippen molar-refractivity contribution in [1.82, 2.24) is 5.32 Å². The molecule has 0 saturated carbocycles. The summed E-state index contributed by atoms with van der Waals surface area (Å²) in [4.78, 5) is 11.6. The van der Waals surface area contributed by atoms with Gasteiger partial charge in [0.25, 0.3) is 0 Å². The standard InChI is InChI=1S/C17H35NO3/c1-6-7-8-9-10-11-12-13-15(19)14(2)18-16(20)21-17(3,4)5/h14-15,19H,6-13H2,1-5H3,(H,18,20)/t14-,15+/m1/s1. The molecule has 4 heteroatoms. The summed E-state index contributed by atoms with van der Waals surface area (Å²) in [6, 6.07) is -0.278. The molecule has 0 aliphatic carbocycles. The molecule has 0 aliphatic rings. The van der Waals surface area contributed by atoms with E-state index >= 15 is 0 Å². The van der Waals surface area contributed by atoms with Crippen LogP contribution < -0.4 is 5.32 Å². The molecule has 1 amide bonds. The molecule has 0 rings (SSSR count). The lowest BCUT2D eigenvalue weighted by molar-refractivity contribution is 0.0426. The van der Waals surface area contributed by atoms with E-state index < -0.39 is 17.8 Å². The summed E-state index contributed by atoms with van der Waals surface area (Å²) in [7, 11) is 0. The van der Waals surface area contributed by atoms with E-state index in [0.29, 0.717) is 0 Å². The van der Waals surface area contributed by atoms with Gasteiger partial charge >= 0.3 is 6.09 Å². The van der Waals surface area contributed by atoms with Crippen LogP contribution in [0.1, 0.15) is 86.0 Å². The van der Waals surface area contributed by atoms with Crippen LogP contribution in [0.4, 0.5) is 4.79 Å². The van der Waals surface area contributed by atoms with Crippen LogP contribution in [0.25, 0.3) is 0 Å². The second-order valence-electron chi connectivity index (χ2n) is 6.91. The lowest BCUT2D eigenvalue weighted by atomic mass is 10.0. The number of hydrogen-bond donors (Lipinski definition) is 2. The van der Waals surface area contributed by atoms with Gasteiger partial charge in [-0.3, -0.25) is 0 Å². The monoisotopic (exact) mass is 301 g/mol. The average Bonchev–Trinajstić information content (AvgIpc) is 2.34. The zero-order valence-corrected chi connectivity index (χ0v) is 14.6. The first kappa shape index (κ1) is 20.2. The number of aliphatic hydroxyl groups excluding tert-OH is 1. The van der Waals surface area contributed by atoms with E-state index in [9.17, 15) is 9.90 Å². The highest BCUT2D eigenvalue weighted by Gasteiger charge is 2.20. The Morgan fingerprint density at radius 1 is 1.10 bits per heavy atom. The third kappa shape index (κ3) is 12.7. The normalized spacial score (nSPS) is 14.6. The maximum absolute atomic E-state index is 11.6. The van der Waals surface area contributed by atoms with E-state index in [1.807, 2.05) is 27.7 Å². The van der Waals surface area contributed by atoms with Crippen LogP contribution in [0.15, 0.2) is 0 Å². The number of amides is 1. The van der Waals surface area contributed by atoms with E-state index in [-0.39, 0.29) is 6.04 Å². The van der Waals surface area contributed by atoms with E-state index in [2.05, 4.69) is 12.2 Å². The number of carbonyl (C=O) groups excluding carboxylic acids is 1. The predicted octanol–water partition coefficient (Wildman–Crippen LogP) is 4.40. The first-order valence-electron chi connectivity index (χ1n) is 8.44. The quantitative estimate of drug-likeness (QED) is 0.588. The fraction of sp³-hybridized carbons (Fsp3) is 0.941. The zero-order valence-electron chi connectivity index (χ0n) is 14.6. The van der Waals surface area contributed by atoms with Gasteiger partial charge in [-0.15, -0.1) is 0 Å². The highest BCUT2D eigenvalue weighted by atomic mass is 16.6. The molecule has 4 nitrogen and oxygen atoms in total. The Bertz CT molecular complexity index is 274. The highest BCUT2D eigenvalue weighted by Crippen LogP contribution is 2.12. The molecule has 0 saturated heterocycles. The SMILES string of the molecule is CCCCCCCCC[C@H](O)[C@@H](C)NC(=O)OC(C)(C)C. The van der Waals surface area contributed by atoms with E-state index in [1.54, 1.807) is 0 Å². The number of hydrogen-bond acceptors (Lipinski definition) is 3. The molecule has 0 aromatic carbocycles. The minimum Gasteiger partial charge on any atom is -0.444 e. The number of ether oxygens (including phenoxy) is 1. The van der Waals surface area contributed by atoms with Crippen LogP contribution >= 0.6 is 0 Å². The number of alkyl carbamates (subject to hydrolysis) is 1. The third-order valence-corrected chi connectivity index (χ3v) is 3.43. The molecule has 0 heterocycles. The Balaban J connectivity index is 3.70. The molecule has 2 N–H and O–H groups in total. The van der Waals surface area contributed by atoms with E-state index in [1.165, 1.54) is 32.1 Å². The molecule has 0 aromatic heterocycles. The van der Waals surface area contributed by atoms with Gasteiger partial charge in [-0.1, -0.05) is 51.9 Å². The van der Waals surface area contributed by atoms with Crippen LogP contribution in [0, 0.1) is 0 Å². The summed E-state index contributed by atoms with van der Waals surface area (Å²) in [6.07, 6.45) is 8.35. The number of aliphatic hydroxyl groups is 1. The predicted molar refractivity (Wildman–Crippen MR) is 87.4 cm³/mol. The van der Waals surface area contributed by atoms with Gasteiger partial charge in [0.2, 0.25) is 0 Å². The van der Waals surface area contributed by atoms with E-state index in [0.717, 1.165) is 19.3 Å². The van der Waals surface area contributed by atoms with Crippen molar-refractivity contribution in [3.8, 4) is 0 Å². The molecule has 126 valence electrons. The Hall–Kier alpha value is -0.770. The van der Waals surface area contributed by atoms with Crippen molar-refractivity contribution in [2.75, 3.05) is 0 Å². The summed E-state index contributed by atoms with van der Waals surface area (Å²) in [5.41, 5.74) is -0.507. The van der Waals surface area contributed by atoms with Crippen molar-refractivity contribution in [2.45, 2.75) is 104 Å². The van der Waals surface area contributed by atoms with Crippen LogP contribution in [0.2, 0.25) is 0 Å². The van der Waals surface area contributed by atoms with Crippen molar-refractivity contribution < 1.29 is 14.6 Å². The maximum atomic E-state index is 11.6. The van der Waals surface area contributed by atoms with Crippen molar-refractivity contribution in [1.29, 1.82) is 0 Å². The maximum Gasteiger partial charge on any atom is 0.407 e. The second-order valence-corrected chi connectivity index (χ2v) is 6.91. The minimum atomic E-state index is -0.507. The van der Waals surface area contributed by atoms with Gasteiger partial charge in [0.05, 0.1) is 12.1 Å². The molecule has 0 spiro atoms. The summed E-state index contributed by atoms with van der Waals surface area (Å²) in [5, 5.41) is 12.7. The molecular weight excluding hydrogens is 266 g/mol. The number of nitrogens with one attached hydrogen (secondary N) is 1. The molecule has 0 aliphatic heterocycles. The molecule has 0 unspecified atom stereocenters. The summed E-state index contributed by atoms with van der Waals surface area (Å²) < 4.78 is 5.18. The molecule has 0 bridgehead atoms. The van der Waals surface area contributed by atoms with E-state index in [4.69, 9.17) is 4.74 Å². The smallest absolute Gasteiger partial charge is 0.407 e. The van der Waals surface area contributed by atoms with Gasteiger partial charge in [0.15, 0.2) is 0 Å². The summed E-state index contributed by atoms with van der Waals surface area (Å²) in [6.45, 7) is 9.51. The second kappa shape index (κ2) is 10.9. The van der Waals surface area contributed by atoms with Crippen LogP contribution in [-0.2, 0) is 4.74 Å². The van der Waals surface area contributed by atoms with Crippen molar-refractivity contribution in [2.24, 2.45) is 0 Å². The fourth-order valence-electron chi connectivity index (χ4n) is 2.15. The molecular formula is C17H35NO3. The Kier molecular flexibility index (Phi) is 10.5. The van der Waals surface area contributed by atoms with Crippen LogP contribution in [-0.4, -0.2) is 28.9 Å². The molecule has 0 aromatic rings.